The number of hydrogen-bond donors (Lipinski definition) is 1. The van der Waals surface area contributed by atoms with Crippen molar-refractivity contribution in [3.05, 3.63) is 92.4 Å². The van der Waals surface area contributed by atoms with E-state index in [2.05, 4.69) is 19.9 Å². The van der Waals surface area contributed by atoms with Crippen molar-refractivity contribution in [3.8, 4) is 22.8 Å². The zero-order valence-electron chi connectivity index (χ0n) is 20.5. The summed E-state index contributed by atoms with van der Waals surface area (Å²) in [6.07, 6.45) is 3.19. The molecule has 1 N–H and O–H groups in total. The van der Waals surface area contributed by atoms with Gasteiger partial charge in [0.1, 0.15) is 23.0 Å². The summed E-state index contributed by atoms with van der Waals surface area (Å²) in [6.45, 7) is 8.49. The first-order valence-corrected chi connectivity index (χ1v) is 11.5. The van der Waals surface area contributed by atoms with Gasteiger partial charge in [-0.1, -0.05) is 11.6 Å². The fraction of sp³-hybridized carbons (Fsp3) is 0.269. The summed E-state index contributed by atoms with van der Waals surface area (Å²) >= 11 is 6.41. The lowest BCUT2D eigenvalue weighted by atomic mass is 10.1. The van der Waals surface area contributed by atoms with Gasteiger partial charge in [0.25, 0.3) is 5.56 Å². The fourth-order valence-electron chi connectivity index (χ4n) is 3.70. The first kappa shape index (κ1) is 25.4. The molecular formula is C26H25ClFN5O3. The van der Waals surface area contributed by atoms with E-state index >= 15 is 0 Å². The van der Waals surface area contributed by atoms with Crippen molar-refractivity contribution in [2.24, 2.45) is 0 Å². The summed E-state index contributed by atoms with van der Waals surface area (Å²) in [5, 5.41) is 10.2. The fourth-order valence-corrected chi connectivity index (χ4v) is 3.89. The predicted molar refractivity (Wildman–Crippen MR) is 134 cm³/mol. The van der Waals surface area contributed by atoms with Crippen LogP contribution in [0.5, 0.6) is 5.75 Å². The van der Waals surface area contributed by atoms with Crippen LogP contribution >= 0.6 is 11.6 Å². The van der Waals surface area contributed by atoms with Crippen LogP contribution in [-0.4, -0.2) is 29.6 Å². The highest BCUT2D eigenvalue weighted by Gasteiger charge is 2.21. The van der Waals surface area contributed by atoms with E-state index in [1.54, 1.807) is 64.4 Å². The zero-order chi connectivity index (χ0) is 26.2. The Labute approximate surface area is 212 Å². The third-order valence-electron chi connectivity index (χ3n) is 5.45. The Morgan fingerprint density at radius 2 is 1.83 bits per heavy atom. The van der Waals surface area contributed by atoms with Gasteiger partial charge in [-0.25, -0.2) is 15.0 Å². The van der Waals surface area contributed by atoms with Gasteiger partial charge < -0.3 is 9.84 Å². The number of nitrogens with zero attached hydrogens (tertiary/aromatic N) is 5. The lowest BCUT2D eigenvalue weighted by Crippen LogP contribution is -2.23. The highest BCUT2D eigenvalue weighted by atomic mass is 35.5. The minimum atomic E-state index is -1.22. The smallest absolute Gasteiger partial charge is 0.277 e. The van der Waals surface area contributed by atoms with Crippen LogP contribution in [0.4, 0.5) is 4.39 Å². The Morgan fingerprint density at radius 3 is 2.53 bits per heavy atom. The van der Waals surface area contributed by atoms with E-state index in [-0.39, 0.29) is 23.2 Å². The molecule has 0 fully saturated rings. The number of hydrogen-bond acceptors (Lipinski definition) is 7. The predicted octanol–water partition coefficient (Wildman–Crippen LogP) is 4.61. The standard InChI is InChI=1S/C26H25ClFN5O3/c1-14-8-17(31-22(28)9-14)13-36-21-10-16(3)33(24(34)23(21)27)20-11-19(30-12-15(20)2)18-6-7-29-25(32-18)26(4,5)35/h6-12,35H,13H2,1-5H3. The van der Waals surface area contributed by atoms with Gasteiger partial charge >= 0.3 is 0 Å². The molecule has 4 rings (SSSR count). The van der Waals surface area contributed by atoms with Crippen LogP contribution in [0.1, 0.15) is 42.2 Å². The molecule has 0 saturated carbocycles. The summed E-state index contributed by atoms with van der Waals surface area (Å²) in [5.41, 5.74) is 2.28. The Morgan fingerprint density at radius 1 is 1.08 bits per heavy atom. The highest BCUT2D eigenvalue weighted by molar-refractivity contribution is 6.31. The molecule has 36 heavy (non-hydrogen) atoms. The number of pyridine rings is 3. The number of aliphatic hydroxyl groups is 1. The molecule has 0 aliphatic carbocycles. The summed E-state index contributed by atoms with van der Waals surface area (Å²) < 4.78 is 20.8. The van der Waals surface area contributed by atoms with Crippen molar-refractivity contribution in [2.75, 3.05) is 0 Å². The molecule has 0 spiro atoms. The van der Waals surface area contributed by atoms with Crippen LogP contribution in [0.2, 0.25) is 5.02 Å². The maximum absolute atomic E-state index is 13.6. The van der Waals surface area contributed by atoms with Gasteiger partial charge in [-0.3, -0.25) is 14.3 Å². The van der Waals surface area contributed by atoms with Crippen molar-refractivity contribution in [1.29, 1.82) is 0 Å². The molecular weight excluding hydrogens is 485 g/mol. The Kier molecular flexibility index (Phi) is 6.88. The SMILES string of the molecule is Cc1cc(F)nc(COc2cc(C)n(-c3cc(-c4ccnc(C(C)(C)O)n4)ncc3C)c(=O)c2Cl)c1. The van der Waals surface area contributed by atoms with Gasteiger partial charge in [-0.2, -0.15) is 4.39 Å². The molecule has 0 amide bonds. The van der Waals surface area contributed by atoms with E-state index < -0.39 is 17.1 Å². The summed E-state index contributed by atoms with van der Waals surface area (Å²) in [6, 6.07) is 8.07. The number of aryl methyl sites for hydroxylation is 3. The molecule has 4 aromatic heterocycles. The lowest BCUT2D eigenvalue weighted by molar-refractivity contribution is 0.0688. The molecule has 0 radical (unpaired) electrons. The molecule has 0 aliphatic heterocycles. The van der Waals surface area contributed by atoms with Gasteiger partial charge in [0.05, 0.1) is 22.8 Å². The number of ether oxygens (including phenoxy) is 1. The van der Waals surface area contributed by atoms with E-state index in [9.17, 15) is 14.3 Å². The van der Waals surface area contributed by atoms with Crippen LogP contribution in [0.3, 0.4) is 0 Å². The van der Waals surface area contributed by atoms with Crippen molar-refractivity contribution in [1.82, 2.24) is 24.5 Å². The van der Waals surface area contributed by atoms with Gasteiger partial charge in [-0.15, -0.1) is 0 Å². The molecule has 0 saturated heterocycles. The average Bonchev–Trinajstić information content (AvgIpc) is 2.80. The van der Waals surface area contributed by atoms with E-state index in [0.29, 0.717) is 34.0 Å². The Hall–Kier alpha value is -3.69. The van der Waals surface area contributed by atoms with Crippen LogP contribution < -0.4 is 10.3 Å². The molecule has 4 heterocycles. The molecule has 0 aromatic carbocycles. The molecule has 0 bridgehead atoms. The van der Waals surface area contributed by atoms with Gasteiger partial charge in [-0.05, 0) is 70.0 Å². The number of aromatic nitrogens is 5. The second kappa shape index (κ2) is 9.75. The molecule has 186 valence electrons. The van der Waals surface area contributed by atoms with E-state index in [1.165, 1.54) is 10.6 Å². The molecule has 4 aromatic rings. The molecule has 0 aliphatic rings. The minimum absolute atomic E-state index is 0.0447. The van der Waals surface area contributed by atoms with E-state index in [1.807, 2.05) is 6.92 Å². The average molecular weight is 510 g/mol. The highest BCUT2D eigenvalue weighted by Crippen LogP contribution is 2.27. The quantitative estimate of drug-likeness (QED) is 0.378. The van der Waals surface area contributed by atoms with Crippen LogP contribution in [-0.2, 0) is 12.2 Å². The van der Waals surface area contributed by atoms with Crippen molar-refractivity contribution in [2.45, 2.75) is 46.8 Å². The Bertz CT molecular complexity index is 1490. The third kappa shape index (κ3) is 5.27. The topological polar surface area (TPSA) is 103 Å². The summed E-state index contributed by atoms with van der Waals surface area (Å²) in [5.74, 6) is -0.171. The minimum Gasteiger partial charge on any atom is -0.485 e. The monoisotopic (exact) mass is 509 g/mol. The second-order valence-corrected chi connectivity index (χ2v) is 9.41. The molecule has 0 atom stereocenters. The summed E-state index contributed by atoms with van der Waals surface area (Å²) in [4.78, 5) is 30.1. The maximum atomic E-state index is 13.6. The lowest BCUT2D eigenvalue weighted by Gasteiger charge is -2.17. The zero-order valence-corrected chi connectivity index (χ0v) is 21.3. The van der Waals surface area contributed by atoms with Crippen LogP contribution in [0.25, 0.3) is 17.1 Å². The Balaban J connectivity index is 1.72. The summed E-state index contributed by atoms with van der Waals surface area (Å²) in [7, 11) is 0. The maximum Gasteiger partial charge on any atom is 0.277 e. The van der Waals surface area contributed by atoms with Crippen molar-refractivity contribution < 1.29 is 14.2 Å². The van der Waals surface area contributed by atoms with Gasteiger partial charge in [0.2, 0.25) is 5.95 Å². The van der Waals surface area contributed by atoms with Gasteiger partial charge in [0.15, 0.2) is 5.82 Å². The number of halogens is 2. The first-order chi connectivity index (χ1) is 16.9. The van der Waals surface area contributed by atoms with Crippen molar-refractivity contribution >= 4 is 11.6 Å². The van der Waals surface area contributed by atoms with Crippen molar-refractivity contribution in [3.63, 3.8) is 0 Å². The largest absolute Gasteiger partial charge is 0.485 e. The second-order valence-electron chi connectivity index (χ2n) is 9.03. The first-order valence-electron chi connectivity index (χ1n) is 11.2. The van der Waals surface area contributed by atoms with E-state index in [4.69, 9.17) is 16.3 Å². The molecule has 0 unspecified atom stereocenters. The normalized spacial score (nSPS) is 11.6. The number of rotatable bonds is 6. The molecule has 8 nitrogen and oxygen atoms in total. The van der Waals surface area contributed by atoms with Crippen LogP contribution in [0, 0.1) is 26.7 Å². The van der Waals surface area contributed by atoms with Crippen LogP contribution in [0.15, 0.2) is 47.5 Å². The van der Waals surface area contributed by atoms with Gasteiger partial charge in [0, 0.05) is 24.2 Å². The van der Waals surface area contributed by atoms with E-state index in [0.717, 1.165) is 5.56 Å². The third-order valence-corrected chi connectivity index (χ3v) is 5.80. The molecule has 10 heteroatoms.